The second-order valence-corrected chi connectivity index (χ2v) is 5.15. The van der Waals surface area contributed by atoms with Crippen LogP contribution in [0.5, 0.6) is 0 Å². The summed E-state index contributed by atoms with van der Waals surface area (Å²) in [5.74, 6) is -0.907. The topological polar surface area (TPSA) is 49.3 Å². The highest BCUT2D eigenvalue weighted by molar-refractivity contribution is 7.23. The molecule has 19 heavy (non-hydrogen) atoms. The molecule has 4 heteroatoms. The number of thiophene rings is 1. The molecule has 0 saturated carbocycles. The Labute approximate surface area is 114 Å². The van der Waals surface area contributed by atoms with Crippen molar-refractivity contribution >= 4 is 38.1 Å². The Morgan fingerprint density at radius 2 is 1.68 bits per heavy atom. The van der Waals surface area contributed by atoms with E-state index in [9.17, 15) is 9.90 Å². The van der Waals surface area contributed by atoms with Gasteiger partial charge in [-0.3, -0.25) is 0 Å². The molecule has 0 bridgehead atoms. The van der Waals surface area contributed by atoms with E-state index in [0.717, 1.165) is 15.8 Å². The molecule has 3 nitrogen and oxygen atoms in total. The summed E-state index contributed by atoms with van der Waals surface area (Å²) >= 11 is 1.46. The predicted octanol–water partition coefficient (Wildman–Crippen LogP) is 4.34. The quantitative estimate of drug-likeness (QED) is 0.743. The smallest absolute Gasteiger partial charge is 0.339 e. The minimum absolute atomic E-state index is 0.337. The number of anilines is 2. The fraction of sp³-hybridized carbons (Fsp3) is 0. The number of hydrogen-bond donors (Lipinski definition) is 2. The molecular weight excluding hydrogens is 258 g/mol. The Morgan fingerprint density at radius 1 is 1.00 bits per heavy atom. The van der Waals surface area contributed by atoms with Gasteiger partial charge in [-0.25, -0.2) is 4.79 Å². The molecule has 0 saturated heterocycles. The molecule has 0 aliphatic heterocycles. The van der Waals surface area contributed by atoms with E-state index in [-0.39, 0.29) is 0 Å². The van der Waals surface area contributed by atoms with Crippen LogP contribution in [0.15, 0.2) is 54.6 Å². The molecule has 0 atom stereocenters. The number of fused-ring (bicyclic) bond motifs is 1. The van der Waals surface area contributed by atoms with Crippen LogP contribution in [0.3, 0.4) is 0 Å². The highest BCUT2D eigenvalue weighted by Gasteiger charge is 2.17. The molecule has 0 fully saturated rings. The van der Waals surface area contributed by atoms with Crippen LogP contribution in [-0.4, -0.2) is 11.1 Å². The number of carboxylic acid groups (broad SMARTS) is 1. The minimum atomic E-state index is -0.907. The van der Waals surface area contributed by atoms with Crippen LogP contribution in [0.1, 0.15) is 10.4 Å². The first-order chi connectivity index (χ1) is 9.25. The van der Waals surface area contributed by atoms with Crippen molar-refractivity contribution in [3.63, 3.8) is 0 Å². The Balaban J connectivity index is 2.13. The summed E-state index contributed by atoms with van der Waals surface area (Å²) in [7, 11) is 0. The Morgan fingerprint density at radius 3 is 2.42 bits per heavy atom. The molecule has 0 unspecified atom stereocenters. The number of carboxylic acids is 1. The minimum Gasteiger partial charge on any atom is -0.478 e. The van der Waals surface area contributed by atoms with E-state index in [1.807, 2.05) is 54.6 Å². The van der Waals surface area contributed by atoms with Crippen LogP contribution in [0.2, 0.25) is 0 Å². The number of nitrogens with one attached hydrogen (secondary N) is 1. The maximum Gasteiger partial charge on any atom is 0.339 e. The van der Waals surface area contributed by atoms with Crippen LogP contribution in [0.4, 0.5) is 10.7 Å². The van der Waals surface area contributed by atoms with E-state index in [4.69, 9.17) is 0 Å². The molecule has 94 valence electrons. The highest BCUT2D eigenvalue weighted by Crippen LogP contribution is 2.37. The summed E-state index contributed by atoms with van der Waals surface area (Å²) in [4.78, 5) is 11.5. The molecular formula is C15H11NO2S. The van der Waals surface area contributed by atoms with Gasteiger partial charge < -0.3 is 10.4 Å². The number of rotatable bonds is 3. The van der Waals surface area contributed by atoms with Gasteiger partial charge in [0.25, 0.3) is 0 Å². The zero-order valence-corrected chi connectivity index (χ0v) is 10.8. The van der Waals surface area contributed by atoms with Gasteiger partial charge in [-0.1, -0.05) is 36.4 Å². The molecule has 0 aliphatic carbocycles. The zero-order chi connectivity index (χ0) is 13.2. The lowest BCUT2D eigenvalue weighted by atomic mass is 10.1. The summed E-state index contributed by atoms with van der Waals surface area (Å²) in [5.41, 5.74) is 1.22. The normalized spacial score (nSPS) is 10.5. The van der Waals surface area contributed by atoms with Crippen molar-refractivity contribution in [3.05, 3.63) is 60.2 Å². The Kier molecular flexibility index (Phi) is 2.93. The SMILES string of the molecule is O=C(O)c1c(Nc2ccccc2)sc2ccccc12. The van der Waals surface area contributed by atoms with Crippen LogP contribution in [-0.2, 0) is 0 Å². The van der Waals surface area contributed by atoms with E-state index in [1.165, 1.54) is 11.3 Å². The molecule has 0 radical (unpaired) electrons. The molecule has 2 aromatic carbocycles. The third-order valence-electron chi connectivity index (χ3n) is 2.84. The van der Waals surface area contributed by atoms with Gasteiger partial charge in [0.05, 0.1) is 0 Å². The van der Waals surface area contributed by atoms with E-state index in [0.29, 0.717) is 10.6 Å². The third-order valence-corrected chi connectivity index (χ3v) is 3.93. The molecule has 1 aromatic heterocycles. The van der Waals surface area contributed by atoms with Crippen LogP contribution in [0, 0.1) is 0 Å². The summed E-state index contributed by atoms with van der Waals surface area (Å²) in [6, 6.07) is 17.1. The summed E-state index contributed by atoms with van der Waals surface area (Å²) in [5, 5.41) is 14.0. The lowest BCUT2D eigenvalue weighted by Gasteiger charge is -2.04. The standard InChI is InChI=1S/C15H11NO2S/c17-15(18)13-11-8-4-5-9-12(11)19-14(13)16-10-6-2-1-3-7-10/h1-9,16H,(H,17,18). The van der Waals surface area contributed by atoms with Crippen molar-refractivity contribution < 1.29 is 9.90 Å². The molecule has 0 aliphatic rings. The summed E-state index contributed by atoms with van der Waals surface area (Å²) in [6.45, 7) is 0. The predicted molar refractivity (Wildman–Crippen MR) is 78.5 cm³/mol. The monoisotopic (exact) mass is 269 g/mol. The van der Waals surface area contributed by atoms with Crippen molar-refractivity contribution in [2.24, 2.45) is 0 Å². The molecule has 0 spiro atoms. The first kappa shape index (κ1) is 11.7. The first-order valence-corrected chi connectivity index (χ1v) is 6.64. The van der Waals surface area contributed by atoms with Crippen LogP contribution >= 0.6 is 11.3 Å². The molecule has 3 aromatic rings. The van der Waals surface area contributed by atoms with E-state index in [2.05, 4.69) is 5.32 Å². The highest BCUT2D eigenvalue weighted by atomic mass is 32.1. The van der Waals surface area contributed by atoms with Gasteiger partial charge in [0.15, 0.2) is 0 Å². The van der Waals surface area contributed by atoms with E-state index >= 15 is 0 Å². The number of benzene rings is 2. The van der Waals surface area contributed by atoms with Crippen LogP contribution < -0.4 is 5.32 Å². The fourth-order valence-electron chi connectivity index (χ4n) is 2.00. The third kappa shape index (κ3) is 2.18. The second-order valence-electron chi connectivity index (χ2n) is 4.10. The first-order valence-electron chi connectivity index (χ1n) is 5.82. The summed E-state index contributed by atoms with van der Waals surface area (Å²) in [6.07, 6.45) is 0. The van der Waals surface area contributed by atoms with Crippen molar-refractivity contribution in [1.29, 1.82) is 0 Å². The van der Waals surface area contributed by atoms with E-state index < -0.39 is 5.97 Å². The maximum absolute atomic E-state index is 11.5. The van der Waals surface area contributed by atoms with Crippen molar-refractivity contribution in [1.82, 2.24) is 0 Å². The van der Waals surface area contributed by atoms with Gasteiger partial charge in [-0.2, -0.15) is 0 Å². The number of carbonyl (C=O) groups is 1. The molecule has 3 rings (SSSR count). The zero-order valence-electron chi connectivity index (χ0n) is 9.96. The van der Waals surface area contributed by atoms with Gasteiger partial charge in [-0.15, -0.1) is 11.3 Å². The largest absolute Gasteiger partial charge is 0.478 e. The van der Waals surface area contributed by atoms with Gasteiger partial charge in [0.2, 0.25) is 0 Å². The van der Waals surface area contributed by atoms with Crippen molar-refractivity contribution in [3.8, 4) is 0 Å². The summed E-state index contributed by atoms with van der Waals surface area (Å²) < 4.78 is 0.971. The van der Waals surface area contributed by atoms with Gasteiger partial charge in [-0.05, 0) is 18.2 Å². The second kappa shape index (κ2) is 4.74. The number of hydrogen-bond acceptors (Lipinski definition) is 3. The van der Waals surface area contributed by atoms with Gasteiger partial charge in [0.1, 0.15) is 10.6 Å². The Hall–Kier alpha value is -2.33. The Bertz CT molecular complexity index is 734. The van der Waals surface area contributed by atoms with Gasteiger partial charge >= 0.3 is 5.97 Å². The lowest BCUT2D eigenvalue weighted by molar-refractivity contribution is 0.0700. The van der Waals surface area contributed by atoms with E-state index in [1.54, 1.807) is 0 Å². The average molecular weight is 269 g/mol. The maximum atomic E-state index is 11.5. The fourth-order valence-corrected chi connectivity index (χ4v) is 3.11. The number of para-hydroxylation sites is 1. The average Bonchev–Trinajstić information content (AvgIpc) is 2.77. The van der Waals surface area contributed by atoms with Crippen molar-refractivity contribution in [2.45, 2.75) is 0 Å². The molecule has 0 amide bonds. The van der Waals surface area contributed by atoms with Gasteiger partial charge in [0, 0.05) is 15.8 Å². The van der Waals surface area contributed by atoms with Crippen molar-refractivity contribution in [2.75, 3.05) is 5.32 Å². The molecule has 2 N–H and O–H groups in total. The number of aromatic carboxylic acids is 1. The van der Waals surface area contributed by atoms with Crippen LogP contribution in [0.25, 0.3) is 10.1 Å². The lowest BCUT2D eigenvalue weighted by Crippen LogP contribution is -1.99. The molecule has 1 heterocycles.